The molecule has 0 radical (unpaired) electrons. The number of hydrogen-bond donors (Lipinski definition) is 1. The predicted molar refractivity (Wildman–Crippen MR) is 66.0 cm³/mol. The number of hydrogen-bond acceptors (Lipinski definition) is 5. The van der Waals surface area contributed by atoms with Crippen molar-refractivity contribution in [2.24, 2.45) is 0 Å². The van der Waals surface area contributed by atoms with Crippen LogP contribution in [0.3, 0.4) is 0 Å². The van der Waals surface area contributed by atoms with E-state index in [0.29, 0.717) is 24.6 Å². The third kappa shape index (κ3) is 3.63. The standard InChI is InChI=1S/C13H17N3O2/c1-2-4-11(17)8-13-15-12(16-18-13)7-10-5-3-6-14-9-10/h3,5-6,9,11,17H,2,4,7-8H2,1H3. The molecule has 2 rings (SSSR count). The van der Waals surface area contributed by atoms with Crippen LogP contribution in [0.5, 0.6) is 0 Å². The van der Waals surface area contributed by atoms with E-state index >= 15 is 0 Å². The van der Waals surface area contributed by atoms with Gasteiger partial charge in [-0.15, -0.1) is 0 Å². The van der Waals surface area contributed by atoms with Gasteiger partial charge < -0.3 is 9.63 Å². The molecule has 2 heterocycles. The van der Waals surface area contributed by atoms with Gasteiger partial charge in [-0.25, -0.2) is 0 Å². The van der Waals surface area contributed by atoms with E-state index in [9.17, 15) is 5.11 Å². The normalized spacial score (nSPS) is 12.6. The molecule has 0 amide bonds. The quantitative estimate of drug-likeness (QED) is 0.842. The Morgan fingerprint density at radius 3 is 3.06 bits per heavy atom. The van der Waals surface area contributed by atoms with Crippen LogP contribution < -0.4 is 0 Å². The van der Waals surface area contributed by atoms with Crippen molar-refractivity contribution in [1.82, 2.24) is 15.1 Å². The van der Waals surface area contributed by atoms with Gasteiger partial charge in [-0.1, -0.05) is 24.6 Å². The van der Waals surface area contributed by atoms with Gasteiger partial charge >= 0.3 is 0 Å². The molecule has 1 N–H and O–H groups in total. The van der Waals surface area contributed by atoms with E-state index in [1.54, 1.807) is 12.4 Å². The lowest BCUT2D eigenvalue weighted by atomic mass is 10.1. The third-order valence-corrected chi connectivity index (χ3v) is 2.63. The zero-order valence-electron chi connectivity index (χ0n) is 10.4. The van der Waals surface area contributed by atoms with Crippen molar-refractivity contribution in [3.05, 3.63) is 41.8 Å². The zero-order valence-corrected chi connectivity index (χ0v) is 10.4. The fraction of sp³-hybridized carbons (Fsp3) is 0.462. The maximum atomic E-state index is 9.66. The maximum Gasteiger partial charge on any atom is 0.229 e. The zero-order chi connectivity index (χ0) is 12.8. The maximum absolute atomic E-state index is 9.66. The van der Waals surface area contributed by atoms with Crippen LogP contribution in [-0.2, 0) is 12.8 Å². The second-order valence-electron chi connectivity index (χ2n) is 4.29. The number of rotatable bonds is 6. The smallest absolute Gasteiger partial charge is 0.229 e. The molecule has 0 aliphatic rings. The fourth-order valence-electron chi connectivity index (χ4n) is 1.77. The van der Waals surface area contributed by atoms with Gasteiger partial charge in [0.25, 0.3) is 0 Å². The topological polar surface area (TPSA) is 72.0 Å². The Morgan fingerprint density at radius 1 is 1.44 bits per heavy atom. The summed E-state index contributed by atoms with van der Waals surface area (Å²) in [5, 5.41) is 13.6. The van der Waals surface area contributed by atoms with E-state index in [1.807, 2.05) is 19.1 Å². The molecule has 2 aromatic heterocycles. The lowest BCUT2D eigenvalue weighted by Gasteiger charge is -2.03. The van der Waals surface area contributed by atoms with Crippen LogP contribution in [0.15, 0.2) is 29.0 Å². The summed E-state index contributed by atoms with van der Waals surface area (Å²) in [6, 6.07) is 3.84. The molecule has 0 spiro atoms. The molecule has 18 heavy (non-hydrogen) atoms. The van der Waals surface area contributed by atoms with E-state index in [2.05, 4.69) is 15.1 Å². The van der Waals surface area contributed by atoms with Crippen LogP contribution in [0.1, 0.15) is 37.0 Å². The lowest BCUT2D eigenvalue weighted by molar-refractivity contribution is 0.151. The molecule has 0 saturated heterocycles. The summed E-state index contributed by atoms with van der Waals surface area (Å²) in [7, 11) is 0. The van der Waals surface area contributed by atoms with Gasteiger partial charge in [0.1, 0.15) is 0 Å². The van der Waals surface area contributed by atoms with Crippen molar-refractivity contribution < 1.29 is 9.63 Å². The first kappa shape index (κ1) is 12.7. The van der Waals surface area contributed by atoms with Gasteiger partial charge in [0.15, 0.2) is 5.82 Å². The monoisotopic (exact) mass is 247 g/mol. The van der Waals surface area contributed by atoms with Gasteiger partial charge in [0.2, 0.25) is 5.89 Å². The van der Waals surface area contributed by atoms with Crippen molar-refractivity contribution in [2.45, 2.75) is 38.7 Å². The van der Waals surface area contributed by atoms with E-state index in [0.717, 1.165) is 18.4 Å². The second kappa shape index (κ2) is 6.26. The van der Waals surface area contributed by atoms with Gasteiger partial charge in [0, 0.05) is 18.8 Å². The average molecular weight is 247 g/mol. The highest BCUT2D eigenvalue weighted by molar-refractivity contribution is 5.13. The van der Waals surface area contributed by atoms with Gasteiger partial charge in [-0.2, -0.15) is 4.98 Å². The number of nitrogens with zero attached hydrogens (tertiary/aromatic N) is 3. The molecule has 2 aromatic rings. The molecule has 0 aromatic carbocycles. The number of aliphatic hydroxyl groups is 1. The first-order valence-electron chi connectivity index (χ1n) is 6.16. The Balaban J connectivity index is 1.94. The molecule has 0 aliphatic heterocycles. The molecule has 5 heteroatoms. The Kier molecular flexibility index (Phi) is 4.41. The molecule has 5 nitrogen and oxygen atoms in total. The highest BCUT2D eigenvalue weighted by Gasteiger charge is 2.11. The van der Waals surface area contributed by atoms with Crippen LogP contribution in [-0.4, -0.2) is 26.3 Å². The Morgan fingerprint density at radius 2 is 2.33 bits per heavy atom. The molecular formula is C13H17N3O2. The molecule has 0 saturated carbocycles. The van der Waals surface area contributed by atoms with E-state index in [-0.39, 0.29) is 0 Å². The van der Waals surface area contributed by atoms with Crippen LogP contribution in [0.4, 0.5) is 0 Å². The van der Waals surface area contributed by atoms with Crippen LogP contribution >= 0.6 is 0 Å². The van der Waals surface area contributed by atoms with Gasteiger partial charge in [-0.05, 0) is 18.1 Å². The summed E-state index contributed by atoms with van der Waals surface area (Å²) in [5.74, 6) is 1.12. The highest BCUT2D eigenvalue weighted by Crippen LogP contribution is 2.08. The largest absolute Gasteiger partial charge is 0.393 e. The summed E-state index contributed by atoms with van der Waals surface area (Å²) in [6.45, 7) is 2.03. The van der Waals surface area contributed by atoms with Crippen LogP contribution in [0.25, 0.3) is 0 Å². The summed E-state index contributed by atoms with van der Waals surface area (Å²) in [6.07, 6.45) is 5.82. The minimum absolute atomic E-state index is 0.401. The fourth-order valence-corrected chi connectivity index (χ4v) is 1.77. The molecule has 1 unspecified atom stereocenters. The van der Waals surface area contributed by atoms with Crippen molar-refractivity contribution in [2.75, 3.05) is 0 Å². The van der Waals surface area contributed by atoms with Gasteiger partial charge in [0.05, 0.1) is 12.5 Å². The minimum Gasteiger partial charge on any atom is -0.393 e. The van der Waals surface area contributed by atoms with Crippen molar-refractivity contribution in [3.8, 4) is 0 Å². The Bertz CT molecular complexity index is 470. The lowest BCUT2D eigenvalue weighted by Crippen LogP contribution is -2.09. The number of pyridine rings is 1. The Labute approximate surface area is 106 Å². The summed E-state index contributed by atoms with van der Waals surface area (Å²) in [5.41, 5.74) is 1.04. The summed E-state index contributed by atoms with van der Waals surface area (Å²) in [4.78, 5) is 8.30. The molecule has 96 valence electrons. The average Bonchev–Trinajstić information content (AvgIpc) is 2.78. The van der Waals surface area contributed by atoms with Gasteiger partial charge in [-0.3, -0.25) is 4.98 Å². The first-order chi connectivity index (χ1) is 8.78. The van der Waals surface area contributed by atoms with Crippen molar-refractivity contribution in [1.29, 1.82) is 0 Å². The number of aromatic nitrogens is 3. The van der Waals surface area contributed by atoms with Crippen LogP contribution in [0, 0.1) is 0 Å². The minimum atomic E-state index is -0.401. The van der Waals surface area contributed by atoms with E-state index < -0.39 is 6.10 Å². The van der Waals surface area contributed by atoms with Crippen LogP contribution in [0.2, 0.25) is 0 Å². The molecule has 1 atom stereocenters. The van der Waals surface area contributed by atoms with E-state index in [4.69, 9.17) is 4.52 Å². The highest BCUT2D eigenvalue weighted by atomic mass is 16.5. The predicted octanol–water partition coefficient (Wildman–Crippen LogP) is 1.76. The molecule has 0 bridgehead atoms. The van der Waals surface area contributed by atoms with Crippen molar-refractivity contribution in [3.63, 3.8) is 0 Å². The van der Waals surface area contributed by atoms with Crippen molar-refractivity contribution >= 4 is 0 Å². The second-order valence-corrected chi connectivity index (χ2v) is 4.29. The molecular weight excluding hydrogens is 230 g/mol. The molecule has 0 aliphatic carbocycles. The summed E-state index contributed by atoms with van der Waals surface area (Å²) >= 11 is 0. The SMILES string of the molecule is CCCC(O)Cc1nc(Cc2cccnc2)no1. The summed E-state index contributed by atoms with van der Waals surface area (Å²) < 4.78 is 5.11. The number of aliphatic hydroxyl groups excluding tert-OH is 1. The first-order valence-corrected chi connectivity index (χ1v) is 6.16. The molecule has 0 fully saturated rings. The van der Waals surface area contributed by atoms with E-state index in [1.165, 1.54) is 0 Å². The Hall–Kier alpha value is -1.75. The third-order valence-electron chi connectivity index (χ3n) is 2.63.